The van der Waals surface area contributed by atoms with E-state index in [0.29, 0.717) is 0 Å². The van der Waals surface area contributed by atoms with Gasteiger partial charge in [-0.05, 0) is 6.07 Å². The molecule has 0 aliphatic heterocycles. The van der Waals surface area contributed by atoms with Crippen LogP contribution in [0.5, 0.6) is 0 Å². The summed E-state index contributed by atoms with van der Waals surface area (Å²) in [6.45, 7) is 0. The lowest BCUT2D eigenvalue weighted by Gasteiger charge is -1.94. The molecular weight excluding hydrogens is 224 g/mol. The highest BCUT2D eigenvalue weighted by atomic mass is 35.5. The fourth-order valence-electron chi connectivity index (χ4n) is 0.903. The Hall–Kier alpha value is -1.95. The highest BCUT2D eigenvalue weighted by Crippen LogP contribution is 2.18. The molecule has 0 bridgehead atoms. The SMILES string of the molecule is O=[N+]([O-])C(=Cc1ccccc1Cl)[N+](=O)[O-]. The molecule has 0 radical (unpaired) electrons. The zero-order valence-corrected chi connectivity index (χ0v) is 8.05. The van der Waals surface area contributed by atoms with E-state index < -0.39 is 15.7 Å². The predicted molar refractivity (Wildman–Crippen MR) is 53.4 cm³/mol. The van der Waals surface area contributed by atoms with Crippen molar-refractivity contribution in [3.8, 4) is 0 Å². The molecule has 1 aromatic carbocycles. The smallest absolute Gasteiger partial charge is 0.253 e. The summed E-state index contributed by atoms with van der Waals surface area (Å²) >= 11 is 5.69. The van der Waals surface area contributed by atoms with Crippen LogP contribution in [0.1, 0.15) is 5.56 Å². The van der Waals surface area contributed by atoms with Gasteiger partial charge in [-0.2, -0.15) is 0 Å². The maximum atomic E-state index is 10.3. The first-order chi connectivity index (χ1) is 7.02. The average Bonchev–Trinajstić information content (AvgIpc) is 2.15. The van der Waals surface area contributed by atoms with E-state index in [9.17, 15) is 20.2 Å². The molecule has 0 heterocycles. The van der Waals surface area contributed by atoms with Crippen LogP contribution in [0, 0.1) is 20.2 Å². The van der Waals surface area contributed by atoms with Gasteiger partial charge in [0.1, 0.15) is 15.9 Å². The van der Waals surface area contributed by atoms with Gasteiger partial charge in [0.25, 0.3) is 0 Å². The minimum Gasteiger partial charge on any atom is -0.253 e. The molecule has 0 aliphatic carbocycles. The predicted octanol–water partition coefficient (Wildman–Crippen LogP) is 2.19. The van der Waals surface area contributed by atoms with Gasteiger partial charge >= 0.3 is 5.82 Å². The molecule has 1 aromatic rings. The lowest BCUT2D eigenvalue weighted by molar-refractivity contribution is -0.613. The van der Waals surface area contributed by atoms with Crippen molar-refractivity contribution in [2.45, 2.75) is 0 Å². The van der Waals surface area contributed by atoms with E-state index in [1.54, 1.807) is 12.1 Å². The summed E-state index contributed by atoms with van der Waals surface area (Å²) in [6.07, 6.45) is 0.822. The van der Waals surface area contributed by atoms with Crippen LogP contribution < -0.4 is 0 Å². The second-order valence-corrected chi connectivity index (χ2v) is 2.95. The molecule has 7 heteroatoms. The Labute approximate surface area is 89.1 Å². The van der Waals surface area contributed by atoms with Gasteiger partial charge in [-0.1, -0.05) is 29.8 Å². The van der Waals surface area contributed by atoms with E-state index in [1.807, 2.05) is 0 Å². The van der Waals surface area contributed by atoms with E-state index in [2.05, 4.69) is 0 Å². The van der Waals surface area contributed by atoms with Crippen molar-refractivity contribution < 1.29 is 9.85 Å². The molecular formula is C8H5ClN2O4. The van der Waals surface area contributed by atoms with Crippen LogP contribution in [-0.4, -0.2) is 9.85 Å². The zero-order chi connectivity index (χ0) is 11.4. The molecule has 0 saturated carbocycles. The number of nitro groups is 2. The van der Waals surface area contributed by atoms with Crippen LogP contribution in [0.4, 0.5) is 0 Å². The van der Waals surface area contributed by atoms with Gasteiger partial charge in [0.05, 0.1) is 0 Å². The Morgan fingerprint density at radius 3 is 2.20 bits per heavy atom. The fourth-order valence-corrected chi connectivity index (χ4v) is 1.09. The van der Waals surface area contributed by atoms with Crippen molar-refractivity contribution in [2.24, 2.45) is 0 Å². The van der Waals surface area contributed by atoms with Crippen molar-refractivity contribution in [2.75, 3.05) is 0 Å². The van der Waals surface area contributed by atoms with E-state index >= 15 is 0 Å². The number of halogens is 1. The summed E-state index contributed by atoms with van der Waals surface area (Å²) in [5.74, 6) is -1.11. The third kappa shape index (κ3) is 2.75. The molecule has 0 fully saturated rings. The van der Waals surface area contributed by atoms with Crippen molar-refractivity contribution in [1.29, 1.82) is 0 Å². The van der Waals surface area contributed by atoms with E-state index in [4.69, 9.17) is 11.6 Å². The highest BCUT2D eigenvalue weighted by Gasteiger charge is 2.25. The first-order valence-electron chi connectivity index (χ1n) is 3.77. The number of hydrogen-bond donors (Lipinski definition) is 0. The summed E-state index contributed by atoms with van der Waals surface area (Å²) in [4.78, 5) is 18.5. The normalized spacial score (nSPS) is 9.40. The number of benzene rings is 1. The molecule has 15 heavy (non-hydrogen) atoms. The third-order valence-corrected chi connectivity index (χ3v) is 1.91. The minimum absolute atomic E-state index is 0.221. The van der Waals surface area contributed by atoms with Crippen LogP contribution in [0.25, 0.3) is 6.08 Å². The number of rotatable bonds is 3. The summed E-state index contributed by atoms with van der Waals surface area (Å²) in [6, 6.07) is 6.15. The molecule has 0 aromatic heterocycles. The van der Waals surface area contributed by atoms with Crippen LogP contribution in [0.15, 0.2) is 30.1 Å². The standard InChI is InChI=1S/C8H5ClN2O4/c9-7-4-2-1-3-6(7)5-8(10(12)13)11(14)15/h1-5H. The van der Waals surface area contributed by atoms with Crippen LogP contribution in [0.2, 0.25) is 5.02 Å². The average molecular weight is 229 g/mol. The maximum absolute atomic E-state index is 10.3. The van der Waals surface area contributed by atoms with Gasteiger partial charge in [-0.3, -0.25) is 20.2 Å². The Bertz CT molecular complexity index is 428. The molecule has 0 saturated heterocycles. The lowest BCUT2D eigenvalue weighted by atomic mass is 10.2. The molecule has 0 amide bonds. The van der Waals surface area contributed by atoms with Gasteiger partial charge in [0.15, 0.2) is 0 Å². The Morgan fingerprint density at radius 1 is 1.20 bits per heavy atom. The van der Waals surface area contributed by atoms with Gasteiger partial charge in [0.2, 0.25) is 0 Å². The molecule has 0 N–H and O–H groups in total. The minimum atomic E-state index is -1.11. The second-order valence-electron chi connectivity index (χ2n) is 2.54. The molecule has 6 nitrogen and oxygen atoms in total. The summed E-state index contributed by atoms with van der Waals surface area (Å²) < 4.78 is 0. The monoisotopic (exact) mass is 228 g/mol. The van der Waals surface area contributed by atoms with Crippen LogP contribution in [0.3, 0.4) is 0 Å². The largest absolute Gasteiger partial charge is 0.559 e. The van der Waals surface area contributed by atoms with E-state index in [0.717, 1.165) is 6.08 Å². The summed E-state index contributed by atoms with van der Waals surface area (Å²) in [7, 11) is 0. The Morgan fingerprint density at radius 2 is 1.73 bits per heavy atom. The Balaban J connectivity index is 3.19. The quantitative estimate of drug-likeness (QED) is 0.586. The topological polar surface area (TPSA) is 86.3 Å². The molecule has 1 rings (SSSR count). The van der Waals surface area contributed by atoms with Crippen molar-refractivity contribution in [1.82, 2.24) is 0 Å². The lowest BCUT2D eigenvalue weighted by Crippen LogP contribution is -2.08. The van der Waals surface area contributed by atoms with Gasteiger partial charge in [-0.25, -0.2) is 0 Å². The molecule has 0 spiro atoms. The van der Waals surface area contributed by atoms with Gasteiger partial charge < -0.3 is 0 Å². The Kier molecular flexibility index (Phi) is 3.35. The van der Waals surface area contributed by atoms with E-state index in [-0.39, 0.29) is 10.6 Å². The summed E-state index contributed by atoms with van der Waals surface area (Å²) in [5, 5.41) is 20.8. The van der Waals surface area contributed by atoms with Gasteiger partial charge in [0, 0.05) is 10.6 Å². The molecule has 0 aliphatic rings. The zero-order valence-electron chi connectivity index (χ0n) is 7.29. The van der Waals surface area contributed by atoms with Gasteiger partial charge in [-0.15, -0.1) is 0 Å². The highest BCUT2D eigenvalue weighted by molar-refractivity contribution is 6.32. The number of hydrogen-bond acceptors (Lipinski definition) is 4. The maximum Gasteiger partial charge on any atom is 0.559 e. The van der Waals surface area contributed by atoms with Crippen molar-refractivity contribution in [3.05, 3.63) is 60.9 Å². The van der Waals surface area contributed by atoms with Crippen LogP contribution in [-0.2, 0) is 0 Å². The second kappa shape index (κ2) is 4.52. The number of nitrogens with zero attached hydrogens (tertiary/aromatic N) is 2. The molecule has 78 valence electrons. The fraction of sp³-hybridized carbons (Fsp3) is 0. The van der Waals surface area contributed by atoms with E-state index in [1.165, 1.54) is 12.1 Å². The first-order valence-corrected chi connectivity index (χ1v) is 4.15. The first kappa shape index (κ1) is 11.1. The van der Waals surface area contributed by atoms with Crippen molar-refractivity contribution in [3.63, 3.8) is 0 Å². The third-order valence-electron chi connectivity index (χ3n) is 1.56. The molecule has 0 unspecified atom stereocenters. The van der Waals surface area contributed by atoms with Crippen molar-refractivity contribution >= 4 is 17.7 Å². The van der Waals surface area contributed by atoms with Crippen LogP contribution >= 0.6 is 11.6 Å². The molecule has 0 atom stereocenters. The summed E-state index contributed by atoms with van der Waals surface area (Å²) in [5.41, 5.74) is 0.238.